The van der Waals surface area contributed by atoms with Gasteiger partial charge in [-0.1, -0.05) is 84.9 Å². The summed E-state index contributed by atoms with van der Waals surface area (Å²) in [5, 5.41) is 5.41. The second-order valence-corrected chi connectivity index (χ2v) is 9.44. The van der Waals surface area contributed by atoms with Gasteiger partial charge in [-0.25, -0.2) is 0 Å². The highest BCUT2D eigenvalue weighted by atomic mass is 32.2. The summed E-state index contributed by atoms with van der Waals surface area (Å²) in [5.41, 5.74) is 1.38. The van der Waals surface area contributed by atoms with E-state index >= 15 is 0 Å². The van der Waals surface area contributed by atoms with Crippen LogP contribution in [0.1, 0.15) is 18.5 Å². The molecule has 0 fully saturated rings. The number of benzene rings is 3. The number of thioether (sulfide) groups is 1. The Morgan fingerprint density at radius 2 is 1.36 bits per heavy atom. The van der Waals surface area contributed by atoms with E-state index in [0.29, 0.717) is 0 Å². The van der Waals surface area contributed by atoms with E-state index in [1.165, 1.54) is 26.5 Å². The molecule has 0 saturated heterocycles. The van der Waals surface area contributed by atoms with Gasteiger partial charge < -0.3 is 0 Å². The molecule has 25 heavy (non-hydrogen) atoms. The first kappa shape index (κ1) is 16.6. The Balaban J connectivity index is 1.87. The molecule has 1 aliphatic rings. The summed E-state index contributed by atoms with van der Waals surface area (Å²) in [6.45, 7) is 2.12. The van der Waals surface area contributed by atoms with Crippen molar-refractivity contribution in [3.8, 4) is 0 Å². The standard InChI is InChI=1S/C22H20NPS/c1-17-23-21(16-25-17)20-14-8-9-15-22(20)24(18-10-4-2-5-11-18)19-12-6-3-7-13-19/h2-15,21H,16H2,1H3/t21-/m1/s1. The SMILES string of the molecule is CC1=N[C@@H](c2ccccc2P(c2ccccc2)c2ccccc2)CS1. The summed E-state index contributed by atoms with van der Waals surface area (Å²) in [5.74, 6) is 1.05. The van der Waals surface area contributed by atoms with Crippen molar-refractivity contribution in [3.63, 3.8) is 0 Å². The zero-order chi connectivity index (χ0) is 17.1. The van der Waals surface area contributed by atoms with Gasteiger partial charge >= 0.3 is 0 Å². The maximum absolute atomic E-state index is 4.88. The molecule has 0 saturated carbocycles. The second kappa shape index (κ2) is 7.56. The Morgan fingerprint density at radius 1 is 0.800 bits per heavy atom. The molecular formula is C22H20NPS. The van der Waals surface area contributed by atoms with Gasteiger partial charge in [-0.05, 0) is 36.3 Å². The highest BCUT2D eigenvalue weighted by molar-refractivity contribution is 8.14. The minimum atomic E-state index is -0.576. The first-order valence-corrected chi connectivity index (χ1v) is 10.8. The average Bonchev–Trinajstić information content (AvgIpc) is 3.10. The third-order valence-corrected chi connectivity index (χ3v) is 7.88. The summed E-state index contributed by atoms with van der Waals surface area (Å²) in [4.78, 5) is 4.88. The van der Waals surface area contributed by atoms with Crippen molar-refractivity contribution in [1.82, 2.24) is 0 Å². The molecule has 0 radical (unpaired) electrons. The lowest BCUT2D eigenvalue weighted by molar-refractivity contribution is 0.855. The van der Waals surface area contributed by atoms with Gasteiger partial charge in [0.05, 0.1) is 11.1 Å². The van der Waals surface area contributed by atoms with Crippen LogP contribution in [-0.4, -0.2) is 10.8 Å². The lowest BCUT2D eigenvalue weighted by Crippen LogP contribution is -2.24. The molecule has 1 heterocycles. The quantitative estimate of drug-likeness (QED) is 0.616. The second-order valence-electron chi connectivity index (χ2n) is 6.04. The molecule has 3 heteroatoms. The molecule has 0 aromatic heterocycles. The number of nitrogens with zero attached hydrogens (tertiary/aromatic N) is 1. The van der Waals surface area contributed by atoms with E-state index < -0.39 is 7.92 Å². The van der Waals surface area contributed by atoms with Gasteiger partial charge in [0.15, 0.2) is 0 Å². The zero-order valence-electron chi connectivity index (χ0n) is 14.2. The predicted molar refractivity (Wildman–Crippen MR) is 113 cm³/mol. The fraction of sp³-hybridized carbons (Fsp3) is 0.136. The third-order valence-electron chi connectivity index (χ3n) is 4.35. The molecule has 0 amide bonds. The average molecular weight is 361 g/mol. The highest BCUT2D eigenvalue weighted by Gasteiger charge is 2.25. The van der Waals surface area contributed by atoms with E-state index in [1.807, 2.05) is 11.8 Å². The normalized spacial score (nSPS) is 16.9. The smallest absolute Gasteiger partial charge is 0.0859 e. The lowest BCUT2D eigenvalue weighted by Gasteiger charge is -2.23. The lowest BCUT2D eigenvalue weighted by atomic mass is 10.1. The van der Waals surface area contributed by atoms with E-state index in [2.05, 4.69) is 91.9 Å². The maximum Gasteiger partial charge on any atom is 0.0859 e. The molecule has 0 N–H and O–H groups in total. The molecule has 124 valence electrons. The third kappa shape index (κ3) is 3.56. The van der Waals surface area contributed by atoms with Gasteiger partial charge in [0.2, 0.25) is 0 Å². The largest absolute Gasteiger partial charge is 0.274 e. The summed E-state index contributed by atoms with van der Waals surface area (Å²) >= 11 is 1.87. The van der Waals surface area contributed by atoms with Crippen molar-refractivity contribution in [2.75, 3.05) is 5.75 Å². The van der Waals surface area contributed by atoms with E-state index in [9.17, 15) is 0 Å². The highest BCUT2D eigenvalue weighted by Crippen LogP contribution is 2.38. The van der Waals surface area contributed by atoms with Crippen molar-refractivity contribution in [3.05, 3.63) is 90.5 Å². The van der Waals surface area contributed by atoms with Crippen LogP contribution < -0.4 is 15.9 Å². The fourth-order valence-corrected chi connectivity index (χ4v) is 6.57. The molecule has 3 aromatic rings. The monoisotopic (exact) mass is 361 g/mol. The molecule has 0 unspecified atom stereocenters. The summed E-state index contributed by atoms with van der Waals surface area (Å²) in [7, 11) is -0.576. The summed E-state index contributed by atoms with van der Waals surface area (Å²) in [6, 6.07) is 30.9. The van der Waals surface area contributed by atoms with Crippen molar-refractivity contribution in [2.24, 2.45) is 4.99 Å². The van der Waals surface area contributed by atoms with Gasteiger partial charge in [0.1, 0.15) is 0 Å². The first-order valence-electron chi connectivity index (χ1n) is 8.49. The Kier molecular flexibility index (Phi) is 5.01. The number of rotatable bonds is 4. The molecular weight excluding hydrogens is 341 g/mol. The minimum Gasteiger partial charge on any atom is -0.274 e. The van der Waals surface area contributed by atoms with Crippen molar-refractivity contribution >= 4 is 40.6 Å². The van der Waals surface area contributed by atoms with Crippen LogP contribution in [0.5, 0.6) is 0 Å². The molecule has 0 spiro atoms. The zero-order valence-corrected chi connectivity index (χ0v) is 15.9. The minimum absolute atomic E-state index is 0.277. The molecule has 0 bridgehead atoms. The number of hydrogen-bond acceptors (Lipinski definition) is 2. The van der Waals surface area contributed by atoms with E-state index in [1.54, 1.807) is 0 Å². The molecule has 4 rings (SSSR count). The molecule has 1 atom stereocenters. The van der Waals surface area contributed by atoms with E-state index in [0.717, 1.165) is 5.75 Å². The van der Waals surface area contributed by atoms with Crippen LogP contribution in [0.25, 0.3) is 0 Å². The number of hydrogen-bond donors (Lipinski definition) is 0. The Morgan fingerprint density at radius 3 is 1.92 bits per heavy atom. The van der Waals surface area contributed by atoms with Crippen molar-refractivity contribution in [1.29, 1.82) is 0 Å². The van der Waals surface area contributed by atoms with E-state index in [4.69, 9.17) is 4.99 Å². The van der Waals surface area contributed by atoms with Crippen LogP contribution in [0.4, 0.5) is 0 Å². The van der Waals surface area contributed by atoms with Gasteiger partial charge in [0, 0.05) is 5.75 Å². The number of aliphatic imine (C=N–C) groups is 1. The molecule has 3 aromatic carbocycles. The topological polar surface area (TPSA) is 12.4 Å². The van der Waals surface area contributed by atoms with Crippen LogP contribution >= 0.6 is 19.7 Å². The van der Waals surface area contributed by atoms with Gasteiger partial charge in [-0.3, -0.25) is 4.99 Å². The first-order chi connectivity index (χ1) is 12.3. The Hall–Kier alpha value is -1.89. The fourth-order valence-electron chi connectivity index (χ4n) is 3.21. The van der Waals surface area contributed by atoms with Crippen LogP contribution in [0.3, 0.4) is 0 Å². The van der Waals surface area contributed by atoms with Gasteiger partial charge in [0.25, 0.3) is 0 Å². The van der Waals surface area contributed by atoms with Crippen molar-refractivity contribution < 1.29 is 0 Å². The van der Waals surface area contributed by atoms with Crippen molar-refractivity contribution in [2.45, 2.75) is 13.0 Å². The van der Waals surface area contributed by atoms with Crippen LogP contribution in [0, 0.1) is 0 Å². The van der Waals surface area contributed by atoms with Crippen LogP contribution in [-0.2, 0) is 0 Å². The van der Waals surface area contributed by atoms with Gasteiger partial charge in [-0.15, -0.1) is 11.8 Å². The van der Waals surface area contributed by atoms with Gasteiger partial charge in [-0.2, -0.15) is 0 Å². The summed E-state index contributed by atoms with van der Waals surface area (Å²) < 4.78 is 0. The maximum atomic E-state index is 4.88. The van der Waals surface area contributed by atoms with Crippen LogP contribution in [0.2, 0.25) is 0 Å². The molecule has 1 nitrogen and oxygen atoms in total. The van der Waals surface area contributed by atoms with E-state index in [-0.39, 0.29) is 6.04 Å². The molecule has 1 aliphatic heterocycles. The Labute approximate surface area is 155 Å². The summed E-state index contributed by atoms with van der Waals surface area (Å²) in [6.07, 6.45) is 0. The Bertz CT molecular complexity index is 837. The van der Waals surface area contributed by atoms with Crippen LogP contribution in [0.15, 0.2) is 89.9 Å². The predicted octanol–water partition coefficient (Wildman–Crippen LogP) is 4.65. The molecule has 0 aliphatic carbocycles.